The number of thioether (sulfide) groups is 2. The van der Waals surface area contributed by atoms with Crippen LogP contribution in [0.1, 0.15) is 5.69 Å². The predicted molar refractivity (Wildman–Crippen MR) is 160 cm³/mol. The van der Waals surface area contributed by atoms with Gasteiger partial charge in [-0.3, -0.25) is 0 Å². The van der Waals surface area contributed by atoms with Crippen LogP contribution in [0.2, 0.25) is 10.0 Å². The summed E-state index contributed by atoms with van der Waals surface area (Å²) in [6.45, 7) is 0. The second-order valence-corrected chi connectivity index (χ2v) is 10.8. The summed E-state index contributed by atoms with van der Waals surface area (Å²) in [6.07, 6.45) is 7.02. The third kappa shape index (κ3) is 7.99. The van der Waals surface area contributed by atoms with Crippen LogP contribution < -0.4 is 0 Å². The number of terminal acetylenes is 1. The van der Waals surface area contributed by atoms with E-state index in [-0.39, 0.29) is 0 Å². The van der Waals surface area contributed by atoms with Crippen LogP contribution >= 0.6 is 46.7 Å². The Balaban J connectivity index is 0.000000182. The minimum atomic E-state index is 0.465. The maximum Gasteiger partial charge on any atom is 0.277 e. The van der Waals surface area contributed by atoms with Gasteiger partial charge in [-0.1, -0.05) is 76.1 Å². The lowest BCUT2D eigenvalue weighted by Crippen LogP contribution is -1.93. The highest BCUT2D eigenvalue weighted by molar-refractivity contribution is 7.99. The molecule has 6 aromatic rings. The zero-order valence-corrected chi connectivity index (χ0v) is 24.2. The Morgan fingerprint density at radius 1 is 0.707 bits per heavy atom. The van der Waals surface area contributed by atoms with Crippen molar-refractivity contribution in [1.82, 2.24) is 35.4 Å². The zero-order valence-electron chi connectivity index (χ0n) is 21.1. The van der Waals surface area contributed by atoms with Crippen molar-refractivity contribution >= 4 is 46.7 Å². The highest BCUT2D eigenvalue weighted by Gasteiger charge is 2.11. The van der Waals surface area contributed by atoms with Gasteiger partial charge >= 0.3 is 0 Å². The maximum atomic E-state index is 5.88. The van der Waals surface area contributed by atoms with Gasteiger partial charge in [0, 0.05) is 26.9 Å². The molecule has 0 unspecified atom stereocenters. The number of halogens is 2. The van der Waals surface area contributed by atoms with E-state index < -0.39 is 0 Å². The smallest absolute Gasteiger partial charge is 0.277 e. The van der Waals surface area contributed by atoms with Gasteiger partial charge < -0.3 is 8.83 Å². The molecule has 0 saturated heterocycles. The molecule has 0 saturated carbocycles. The van der Waals surface area contributed by atoms with Gasteiger partial charge in [-0.25, -0.2) is 4.68 Å². The molecule has 0 aliphatic rings. The van der Waals surface area contributed by atoms with E-state index in [0.717, 1.165) is 22.5 Å². The van der Waals surface area contributed by atoms with E-state index in [1.165, 1.54) is 23.5 Å². The molecule has 204 valence electrons. The number of nitrogens with zero attached hydrogens (tertiary/aromatic N) is 7. The summed E-state index contributed by atoms with van der Waals surface area (Å²) in [5.74, 6) is 4.53. The minimum Gasteiger partial charge on any atom is -0.411 e. The first-order chi connectivity index (χ1) is 20.1. The van der Waals surface area contributed by atoms with Crippen molar-refractivity contribution < 1.29 is 8.83 Å². The number of rotatable bonds is 8. The lowest BCUT2D eigenvalue weighted by atomic mass is 10.2. The summed E-state index contributed by atoms with van der Waals surface area (Å²) in [4.78, 5) is 0. The molecule has 0 aliphatic heterocycles. The quantitative estimate of drug-likeness (QED) is 0.126. The van der Waals surface area contributed by atoms with Crippen molar-refractivity contribution in [2.75, 3.05) is 5.75 Å². The average molecular weight is 621 g/mol. The summed E-state index contributed by atoms with van der Waals surface area (Å²) < 4.78 is 12.8. The molecule has 0 amide bonds. The van der Waals surface area contributed by atoms with Crippen molar-refractivity contribution in [1.29, 1.82) is 0 Å². The maximum absolute atomic E-state index is 5.88. The van der Waals surface area contributed by atoms with Crippen molar-refractivity contribution in [2.24, 2.45) is 0 Å². The van der Waals surface area contributed by atoms with E-state index in [1.807, 2.05) is 60.8 Å². The molecule has 0 spiro atoms. The number of hydrogen-bond donors (Lipinski definition) is 0. The molecule has 0 fully saturated rings. The SMILES string of the molecule is C#CCSc1nnc(-c2ccc(Cl)cc2)o1.Clc1ccc(-c2nnc(SCc3cn(-c4ccccc4)nn3)o2)cc1. The van der Waals surface area contributed by atoms with E-state index in [2.05, 4.69) is 36.6 Å². The third-order valence-electron chi connectivity index (χ3n) is 5.18. The lowest BCUT2D eigenvalue weighted by Gasteiger charge is -1.97. The molecular weight excluding hydrogens is 601 g/mol. The van der Waals surface area contributed by atoms with Gasteiger partial charge in [0.05, 0.1) is 23.3 Å². The van der Waals surface area contributed by atoms with E-state index in [0.29, 0.717) is 43.8 Å². The van der Waals surface area contributed by atoms with E-state index in [9.17, 15) is 0 Å². The van der Waals surface area contributed by atoms with Crippen LogP contribution in [-0.4, -0.2) is 41.1 Å². The first-order valence-corrected chi connectivity index (χ1v) is 14.6. The van der Waals surface area contributed by atoms with Crippen LogP contribution in [0.15, 0.2) is 104 Å². The topological polar surface area (TPSA) is 109 Å². The molecule has 3 heterocycles. The van der Waals surface area contributed by atoms with Crippen LogP contribution in [0.3, 0.4) is 0 Å². The Kier molecular flexibility index (Phi) is 9.72. The Morgan fingerprint density at radius 3 is 1.83 bits per heavy atom. The van der Waals surface area contributed by atoms with Gasteiger partial charge in [-0.05, 0) is 60.7 Å². The van der Waals surface area contributed by atoms with E-state index >= 15 is 0 Å². The molecule has 6 rings (SSSR count). The molecule has 0 atom stereocenters. The number of para-hydroxylation sites is 1. The largest absolute Gasteiger partial charge is 0.411 e. The summed E-state index contributed by atoms with van der Waals surface area (Å²) in [5, 5.41) is 26.5. The Morgan fingerprint density at radius 2 is 1.27 bits per heavy atom. The zero-order chi connectivity index (χ0) is 28.4. The minimum absolute atomic E-state index is 0.465. The summed E-state index contributed by atoms with van der Waals surface area (Å²) in [5.41, 5.74) is 3.47. The number of aromatic nitrogens is 7. The average Bonchev–Trinajstić information content (AvgIpc) is 3.78. The van der Waals surface area contributed by atoms with Gasteiger partial charge in [-0.15, -0.1) is 31.9 Å². The van der Waals surface area contributed by atoms with Crippen LogP contribution in [0.25, 0.3) is 28.6 Å². The monoisotopic (exact) mass is 619 g/mol. The first kappa shape index (κ1) is 28.4. The second-order valence-electron chi connectivity index (χ2n) is 8.03. The van der Waals surface area contributed by atoms with Crippen molar-refractivity contribution in [3.05, 3.63) is 101 Å². The van der Waals surface area contributed by atoms with Crippen LogP contribution in [0.5, 0.6) is 0 Å². The van der Waals surface area contributed by atoms with E-state index in [1.54, 1.807) is 28.9 Å². The third-order valence-corrected chi connectivity index (χ3v) is 7.26. The molecule has 0 radical (unpaired) electrons. The molecule has 13 heteroatoms. The fraction of sp³-hybridized carbons (Fsp3) is 0.0714. The lowest BCUT2D eigenvalue weighted by molar-refractivity contribution is 0.465. The van der Waals surface area contributed by atoms with Gasteiger partial charge in [0.25, 0.3) is 10.4 Å². The predicted octanol–water partition coefficient (Wildman–Crippen LogP) is 7.38. The van der Waals surface area contributed by atoms with E-state index in [4.69, 9.17) is 38.5 Å². The van der Waals surface area contributed by atoms with Crippen molar-refractivity contribution in [3.63, 3.8) is 0 Å². The normalized spacial score (nSPS) is 10.6. The molecule has 41 heavy (non-hydrogen) atoms. The Bertz CT molecular complexity index is 1730. The first-order valence-electron chi connectivity index (χ1n) is 11.9. The van der Waals surface area contributed by atoms with Crippen molar-refractivity contribution in [3.8, 4) is 40.9 Å². The van der Waals surface area contributed by atoms with Crippen LogP contribution in [0.4, 0.5) is 0 Å². The summed E-state index contributed by atoms with van der Waals surface area (Å²) >= 11 is 14.4. The number of hydrogen-bond acceptors (Lipinski definition) is 10. The Hall–Kier alpha value is -4.08. The van der Waals surface area contributed by atoms with Crippen molar-refractivity contribution in [2.45, 2.75) is 16.2 Å². The molecule has 0 bridgehead atoms. The molecule has 9 nitrogen and oxygen atoms in total. The summed E-state index contributed by atoms with van der Waals surface area (Å²) in [6, 6.07) is 24.3. The standard InChI is InChI=1S/C17H12ClN5OS.C11H7ClN2OS/c18-13-8-6-12(7-9-13)16-20-21-17(24-16)25-11-14-10-23(22-19-14)15-4-2-1-3-5-15;1-2-7-16-11-14-13-10(15-11)8-3-5-9(12)6-4-8/h1-10H,11H2;1,3-6H,7H2. The molecule has 0 N–H and O–H groups in total. The summed E-state index contributed by atoms with van der Waals surface area (Å²) in [7, 11) is 0. The highest BCUT2D eigenvalue weighted by atomic mass is 35.5. The molecule has 0 aliphatic carbocycles. The van der Waals surface area contributed by atoms with Gasteiger partial charge in [0.15, 0.2) is 0 Å². The molecule has 3 aromatic carbocycles. The number of benzene rings is 3. The second kappa shape index (κ2) is 14.0. The van der Waals surface area contributed by atoms with Crippen LogP contribution in [0, 0.1) is 12.3 Å². The van der Waals surface area contributed by atoms with Gasteiger partial charge in [0.2, 0.25) is 11.8 Å². The Labute approximate surface area is 253 Å². The van der Waals surface area contributed by atoms with Crippen LogP contribution in [-0.2, 0) is 5.75 Å². The van der Waals surface area contributed by atoms with Gasteiger partial charge in [0.1, 0.15) is 0 Å². The molecule has 3 aromatic heterocycles. The fourth-order valence-corrected chi connectivity index (χ4v) is 4.60. The van der Waals surface area contributed by atoms with Gasteiger partial charge in [-0.2, -0.15) is 0 Å². The molecular formula is C28H19Cl2N7O2S2. The highest BCUT2D eigenvalue weighted by Crippen LogP contribution is 2.26. The fourth-order valence-electron chi connectivity index (χ4n) is 3.26.